The lowest BCUT2D eigenvalue weighted by Gasteiger charge is -2.05. The summed E-state index contributed by atoms with van der Waals surface area (Å²) in [5.41, 5.74) is -0.124. The lowest BCUT2D eigenvalue weighted by atomic mass is 10.0. The van der Waals surface area contributed by atoms with Crippen LogP contribution in [0.4, 0.5) is 0 Å². The molecule has 0 heterocycles. The van der Waals surface area contributed by atoms with Gasteiger partial charge in [-0.1, -0.05) is 6.07 Å². The second-order valence-electron chi connectivity index (χ2n) is 3.51. The molecule has 86 valence electrons. The van der Waals surface area contributed by atoms with Crippen molar-refractivity contribution in [2.24, 2.45) is 0 Å². The first-order chi connectivity index (χ1) is 8.00. The van der Waals surface area contributed by atoms with Crippen molar-refractivity contribution in [3.05, 3.63) is 41.5 Å². The molecular weight excluding hydrogens is 224 g/mol. The van der Waals surface area contributed by atoms with Gasteiger partial charge in [0.15, 0.2) is 0 Å². The Balaban J connectivity index is 2.72. The van der Waals surface area contributed by atoms with E-state index in [1.54, 1.807) is 0 Å². The summed E-state index contributed by atoms with van der Waals surface area (Å²) in [4.78, 5) is 21.5. The van der Waals surface area contributed by atoms with Gasteiger partial charge in [-0.05, 0) is 29.7 Å². The molecular formula is C12H8O5. The highest BCUT2D eigenvalue weighted by Crippen LogP contribution is 2.29. The number of phenols is 1. The molecule has 0 aliphatic rings. The van der Waals surface area contributed by atoms with E-state index in [1.165, 1.54) is 30.3 Å². The molecule has 17 heavy (non-hydrogen) atoms. The van der Waals surface area contributed by atoms with Gasteiger partial charge in [0.2, 0.25) is 0 Å². The number of hydrogen-bond donors (Lipinski definition) is 3. The highest BCUT2D eigenvalue weighted by atomic mass is 16.4. The molecule has 2 aromatic rings. The summed E-state index contributed by atoms with van der Waals surface area (Å²) in [5.74, 6) is -2.66. The molecule has 0 amide bonds. The second-order valence-corrected chi connectivity index (χ2v) is 3.51. The van der Waals surface area contributed by atoms with E-state index in [0.717, 1.165) is 0 Å². The van der Waals surface area contributed by atoms with Gasteiger partial charge in [0.05, 0.1) is 5.56 Å². The van der Waals surface area contributed by atoms with Gasteiger partial charge in [0.1, 0.15) is 11.3 Å². The van der Waals surface area contributed by atoms with Gasteiger partial charge in [0.25, 0.3) is 0 Å². The van der Waals surface area contributed by atoms with Crippen LogP contribution in [-0.2, 0) is 0 Å². The number of rotatable bonds is 2. The first-order valence-electron chi connectivity index (χ1n) is 4.73. The molecule has 5 heteroatoms. The van der Waals surface area contributed by atoms with E-state index in [1.807, 2.05) is 0 Å². The van der Waals surface area contributed by atoms with Gasteiger partial charge >= 0.3 is 11.9 Å². The van der Waals surface area contributed by atoms with Crippen LogP contribution in [0.5, 0.6) is 5.75 Å². The van der Waals surface area contributed by atoms with Crippen LogP contribution in [0.1, 0.15) is 20.7 Å². The number of carboxylic acids is 2. The Morgan fingerprint density at radius 2 is 1.65 bits per heavy atom. The average molecular weight is 232 g/mol. The SMILES string of the molecule is O=C(O)c1ccc2c(O)c(C(=O)O)ccc2c1. The summed E-state index contributed by atoms with van der Waals surface area (Å²) in [5, 5.41) is 28.1. The molecule has 0 saturated heterocycles. The van der Waals surface area contributed by atoms with E-state index in [-0.39, 0.29) is 16.9 Å². The summed E-state index contributed by atoms with van der Waals surface area (Å²) in [6, 6.07) is 6.79. The number of carboxylic acid groups (broad SMARTS) is 2. The van der Waals surface area contributed by atoms with E-state index < -0.39 is 11.9 Å². The van der Waals surface area contributed by atoms with Gasteiger partial charge in [-0.2, -0.15) is 0 Å². The van der Waals surface area contributed by atoms with Crippen LogP contribution in [0.2, 0.25) is 0 Å². The molecule has 0 aromatic heterocycles. The van der Waals surface area contributed by atoms with Crippen molar-refractivity contribution < 1.29 is 24.9 Å². The lowest BCUT2D eigenvalue weighted by Crippen LogP contribution is -1.98. The van der Waals surface area contributed by atoms with E-state index in [2.05, 4.69) is 0 Å². The van der Waals surface area contributed by atoms with Crippen LogP contribution in [0.25, 0.3) is 10.8 Å². The van der Waals surface area contributed by atoms with E-state index in [4.69, 9.17) is 10.2 Å². The van der Waals surface area contributed by atoms with Crippen LogP contribution in [0.3, 0.4) is 0 Å². The molecule has 0 unspecified atom stereocenters. The molecule has 3 N–H and O–H groups in total. The summed E-state index contributed by atoms with van der Waals surface area (Å²) in [6.07, 6.45) is 0. The number of hydrogen-bond acceptors (Lipinski definition) is 3. The Labute approximate surface area is 95.5 Å². The third kappa shape index (κ3) is 1.78. The van der Waals surface area contributed by atoms with Crippen LogP contribution < -0.4 is 0 Å². The maximum Gasteiger partial charge on any atom is 0.339 e. The Hall–Kier alpha value is -2.56. The van der Waals surface area contributed by atoms with Crippen molar-refractivity contribution in [1.29, 1.82) is 0 Å². The predicted molar refractivity (Wildman–Crippen MR) is 59.5 cm³/mol. The zero-order valence-electron chi connectivity index (χ0n) is 8.54. The molecule has 0 fully saturated rings. The Morgan fingerprint density at radius 3 is 2.24 bits per heavy atom. The number of aromatic hydroxyl groups is 1. The summed E-state index contributed by atoms with van der Waals surface area (Å²) >= 11 is 0. The number of benzene rings is 2. The first-order valence-corrected chi connectivity index (χ1v) is 4.73. The molecule has 0 spiro atoms. The molecule has 0 aliphatic heterocycles. The zero-order valence-corrected chi connectivity index (χ0v) is 8.54. The van der Waals surface area contributed by atoms with Crippen molar-refractivity contribution in [2.45, 2.75) is 0 Å². The monoisotopic (exact) mass is 232 g/mol. The van der Waals surface area contributed by atoms with Crippen LogP contribution in [-0.4, -0.2) is 27.3 Å². The quantitative estimate of drug-likeness (QED) is 0.735. The van der Waals surface area contributed by atoms with Gasteiger partial charge in [-0.3, -0.25) is 0 Å². The lowest BCUT2D eigenvalue weighted by molar-refractivity contribution is 0.0684. The Kier molecular flexibility index (Phi) is 2.44. The average Bonchev–Trinajstić information content (AvgIpc) is 2.28. The van der Waals surface area contributed by atoms with Crippen molar-refractivity contribution in [2.75, 3.05) is 0 Å². The highest BCUT2D eigenvalue weighted by Gasteiger charge is 2.13. The van der Waals surface area contributed by atoms with Crippen molar-refractivity contribution in [3.8, 4) is 5.75 Å². The third-order valence-corrected chi connectivity index (χ3v) is 2.47. The van der Waals surface area contributed by atoms with Gasteiger partial charge in [0, 0.05) is 5.39 Å². The van der Waals surface area contributed by atoms with Crippen molar-refractivity contribution in [1.82, 2.24) is 0 Å². The molecule has 0 radical (unpaired) electrons. The largest absolute Gasteiger partial charge is 0.506 e. The fraction of sp³-hybridized carbons (Fsp3) is 0. The minimum atomic E-state index is -1.23. The van der Waals surface area contributed by atoms with Crippen molar-refractivity contribution in [3.63, 3.8) is 0 Å². The van der Waals surface area contributed by atoms with Crippen LogP contribution in [0.15, 0.2) is 30.3 Å². The minimum absolute atomic E-state index is 0.0833. The molecule has 5 nitrogen and oxygen atoms in total. The fourth-order valence-electron chi connectivity index (χ4n) is 1.62. The Morgan fingerprint density at radius 1 is 0.941 bits per heavy atom. The van der Waals surface area contributed by atoms with Crippen LogP contribution >= 0.6 is 0 Å². The topological polar surface area (TPSA) is 94.8 Å². The number of fused-ring (bicyclic) bond motifs is 1. The van der Waals surface area contributed by atoms with E-state index >= 15 is 0 Å². The summed E-state index contributed by atoms with van der Waals surface area (Å²) in [6.45, 7) is 0. The second kappa shape index (κ2) is 3.79. The molecule has 2 rings (SSSR count). The van der Waals surface area contributed by atoms with Crippen molar-refractivity contribution >= 4 is 22.7 Å². The minimum Gasteiger partial charge on any atom is -0.506 e. The molecule has 2 aromatic carbocycles. The van der Waals surface area contributed by atoms with E-state index in [0.29, 0.717) is 10.8 Å². The summed E-state index contributed by atoms with van der Waals surface area (Å²) in [7, 11) is 0. The van der Waals surface area contributed by atoms with E-state index in [9.17, 15) is 14.7 Å². The van der Waals surface area contributed by atoms with Crippen LogP contribution in [0, 0.1) is 0 Å². The van der Waals surface area contributed by atoms with Gasteiger partial charge in [-0.25, -0.2) is 9.59 Å². The molecule has 0 saturated carbocycles. The normalized spacial score (nSPS) is 10.4. The first kappa shape index (κ1) is 10.9. The number of aromatic carboxylic acids is 2. The summed E-state index contributed by atoms with van der Waals surface area (Å²) < 4.78 is 0. The fourth-order valence-corrected chi connectivity index (χ4v) is 1.62. The zero-order chi connectivity index (χ0) is 12.6. The highest BCUT2D eigenvalue weighted by molar-refractivity contribution is 6.02. The smallest absolute Gasteiger partial charge is 0.339 e. The maximum absolute atomic E-state index is 10.8. The predicted octanol–water partition coefficient (Wildman–Crippen LogP) is 1.94. The third-order valence-electron chi connectivity index (χ3n) is 2.47. The molecule has 0 bridgehead atoms. The standard InChI is InChI=1S/C12H8O5/c13-10-8-3-2-7(11(14)15)5-6(8)1-4-9(10)12(16)17/h1-5,13H,(H,14,15)(H,16,17). The molecule has 0 atom stereocenters. The Bertz CT molecular complexity index is 630. The van der Waals surface area contributed by atoms with Gasteiger partial charge < -0.3 is 15.3 Å². The van der Waals surface area contributed by atoms with Gasteiger partial charge in [-0.15, -0.1) is 0 Å². The molecule has 0 aliphatic carbocycles. The number of carbonyl (C=O) groups is 2. The maximum atomic E-state index is 10.8.